The molecule has 0 aromatic carbocycles. The van der Waals surface area contributed by atoms with Crippen molar-refractivity contribution in [2.45, 2.75) is 13.0 Å². The lowest BCUT2D eigenvalue weighted by molar-refractivity contribution is 0.145. The van der Waals surface area contributed by atoms with Crippen LogP contribution in [0.5, 0.6) is 0 Å². The largest absolute Gasteiger partial charge is 0.390 e. The van der Waals surface area contributed by atoms with Gasteiger partial charge in [-0.3, -0.25) is 0 Å². The van der Waals surface area contributed by atoms with Gasteiger partial charge < -0.3 is 5.11 Å². The van der Waals surface area contributed by atoms with Gasteiger partial charge in [0.05, 0.1) is 16.8 Å². The molecular formula is C7H5BrF3NO. The molecule has 1 heterocycles. The first-order valence-corrected chi connectivity index (χ1v) is 4.09. The molecule has 1 aromatic heterocycles. The zero-order valence-corrected chi connectivity index (χ0v) is 7.85. The minimum atomic E-state index is -2.77. The molecule has 0 bridgehead atoms. The van der Waals surface area contributed by atoms with E-state index in [4.69, 9.17) is 5.11 Å². The zero-order chi connectivity index (χ0) is 10.0. The van der Waals surface area contributed by atoms with E-state index in [2.05, 4.69) is 20.9 Å². The average Bonchev–Trinajstić information content (AvgIpc) is 2.08. The minimum Gasteiger partial charge on any atom is -0.390 e. The number of nitrogens with zero attached hydrogens (tertiary/aromatic N) is 1. The van der Waals surface area contributed by atoms with Crippen LogP contribution in [0.2, 0.25) is 0 Å². The van der Waals surface area contributed by atoms with E-state index in [-0.39, 0.29) is 10.2 Å². The van der Waals surface area contributed by atoms with Gasteiger partial charge in [-0.15, -0.1) is 0 Å². The second-order valence-corrected chi connectivity index (χ2v) is 3.11. The third-order valence-corrected chi connectivity index (χ3v) is 1.99. The maximum Gasteiger partial charge on any atom is 0.265 e. The van der Waals surface area contributed by atoms with Gasteiger partial charge in [0.25, 0.3) is 6.43 Å². The number of alkyl halides is 2. The molecule has 0 spiro atoms. The van der Waals surface area contributed by atoms with Gasteiger partial charge in [0.2, 0.25) is 5.95 Å². The van der Waals surface area contributed by atoms with E-state index in [1.165, 1.54) is 0 Å². The highest BCUT2D eigenvalue weighted by atomic mass is 79.9. The van der Waals surface area contributed by atoms with Gasteiger partial charge in [-0.05, 0) is 22.0 Å². The van der Waals surface area contributed by atoms with Crippen LogP contribution in [0.1, 0.15) is 17.7 Å². The number of pyridine rings is 1. The minimum absolute atomic E-state index is 0.139. The number of aromatic nitrogens is 1. The van der Waals surface area contributed by atoms with Crippen LogP contribution in [0.4, 0.5) is 13.2 Å². The summed E-state index contributed by atoms with van der Waals surface area (Å²) in [6.07, 6.45) is -2.77. The molecular weight excluding hydrogens is 251 g/mol. The van der Waals surface area contributed by atoms with Crippen LogP contribution in [-0.4, -0.2) is 10.1 Å². The van der Waals surface area contributed by atoms with E-state index in [1.54, 1.807) is 0 Å². The lowest BCUT2D eigenvalue weighted by Crippen LogP contribution is -2.01. The van der Waals surface area contributed by atoms with E-state index < -0.39 is 24.5 Å². The summed E-state index contributed by atoms with van der Waals surface area (Å²) in [5, 5.41) is 8.60. The molecule has 0 aliphatic rings. The van der Waals surface area contributed by atoms with Crippen LogP contribution >= 0.6 is 15.9 Å². The summed E-state index contributed by atoms with van der Waals surface area (Å²) in [4.78, 5) is 3.17. The van der Waals surface area contributed by atoms with Gasteiger partial charge in [-0.1, -0.05) is 0 Å². The number of halogens is 4. The summed E-state index contributed by atoms with van der Waals surface area (Å²) in [5.41, 5.74) is -0.800. The molecule has 6 heteroatoms. The Balaban J connectivity index is 3.25. The maximum atomic E-state index is 12.7. The van der Waals surface area contributed by atoms with Crippen LogP contribution in [0, 0.1) is 5.95 Å². The summed E-state index contributed by atoms with van der Waals surface area (Å²) < 4.78 is 37.0. The van der Waals surface area contributed by atoms with Crippen LogP contribution in [0.3, 0.4) is 0 Å². The fourth-order valence-electron chi connectivity index (χ4n) is 0.831. The number of aliphatic hydroxyl groups is 1. The Morgan fingerprint density at radius 1 is 1.54 bits per heavy atom. The first-order chi connectivity index (χ1) is 6.06. The fourth-order valence-corrected chi connectivity index (χ4v) is 1.17. The second kappa shape index (κ2) is 4.06. The Labute approximate surface area is 80.5 Å². The predicted molar refractivity (Wildman–Crippen MR) is 42.8 cm³/mol. The molecule has 0 aliphatic heterocycles. The van der Waals surface area contributed by atoms with Crippen molar-refractivity contribution in [2.24, 2.45) is 0 Å². The molecule has 0 amide bonds. The quantitative estimate of drug-likeness (QED) is 0.824. The zero-order valence-electron chi connectivity index (χ0n) is 6.27. The maximum absolute atomic E-state index is 12.7. The highest BCUT2D eigenvalue weighted by molar-refractivity contribution is 9.10. The molecule has 0 saturated carbocycles. The van der Waals surface area contributed by atoms with E-state index >= 15 is 0 Å². The van der Waals surface area contributed by atoms with E-state index in [9.17, 15) is 13.2 Å². The van der Waals surface area contributed by atoms with Crippen LogP contribution < -0.4 is 0 Å². The summed E-state index contributed by atoms with van der Waals surface area (Å²) in [6, 6.07) is 0.915. The monoisotopic (exact) mass is 255 g/mol. The van der Waals surface area contributed by atoms with Gasteiger partial charge in [0, 0.05) is 5.56 Å². The van der Waals surface area contributed by atoms with E-state index in [0.29, 0.717) is 0 Å². The lowest BCUT2D eigenvalue weighted by atomic mass is 10.2. The summed E-state index contributed by atoms with van der Waals surface area (Å²) in [7, 11) is 0. The van der Waals surface area contributed by atoms with Crippen molar-refractivity contribution >= 4 is 15.9 Å². The van der Waals surface area contributed by atoms with Crippen molar-refractivity contribution in [1.82, 2.24) is 4.98 Å². The number of hydrogen-bond donors (Lipinski definition) is 1. The lowest BCUT2D eigenvalue weighted by Gasteiger charge is -2.06. The molecule has 0 unspecified atom stereocenters. The van der Waals surface area contributed by atoms with E-state index in [1.807, 2.05) is 0 Å². The highest BCUT2D eigenvalue weighted by Crippen LogP contribution is 2.26. The highest BCUT2D eigenvalue weighted by Gasteiger charge is 2.16. The molecule has 2 nitrogen and oxygen atoms in total. The average molecular weight is 256 g/mol. The van der Waals surface area contributed by atoms with Gasteiger partial charge >= 0.3 is 0 Å². The Kier molecular flexibility index (Phi) is 3.27. The SMILES string of the molecule is OCc1nc(F)c(Br)cc1C(F)F. The van der Waals surface area contributed by atoms with Crippen molar-refractivity contribution in [3.05, 3.63) is 27.7 Å². The van der Waals surface area contributed by atoms with Gasteiger partial charge in [0.15, 0.2) is 0 Å². The van der Waals surface area contributed by atoms with Crippen molar-refractivity contribution in [3.8, 4) is 0 Å². The molecule has 1 rings (SSSR count). The molecule has 0 fully saturated rings. The van der Waals surface area contributed by atoms with Crippen molar-refractivity contribution in [3.63, 3.8) is 0 Å². The van der Waals surface area contributed by atoms with Gasteiger partial charge in [-0.25, -0.2) is 13.8 Å². The molecule has 72 valence electrons. The van der Waals surface area contributed by atoms with Crippen molar-refractivity contribution < 1.29 is 18.3 Å². The summed E-state index contributed by atoms with van der Waals surface area (Å²) >= 11 is 2.73. The predicted octanol–water partition coefficient (Wildman–Crippen LogP) is 2.41. The first-order valence-electron chi connectivity index (χ1n) is 3.30. The smallest absolute Gasteiger partial charge is 0.265 e. The normalized spacial score (nSPS) is 10.9. The van der Waals surface area contributed by atoms with Crippen LogP contribution in [0.15, 0.2) is 10.5 Å². The van der Waals surface area contributed by atoms with Crippen LogP contribution in [0.25, 0.3) is 0 Å². The van der Waals surface area contributed by atoms with Crippen LogP contribution in [-0.2, 0) is 6.61 Å². The molecule has 13 heavy (non-hydrogen) atoms. The molecule has 1 aromatic rings. The number of rotatable bonds is 2. The Morgan fingerprint density at radius 3 is 2.62 bits per heavy atom. The third kappa shape index (κ3) is 2.19. The van der Waals surface area contributed by atoms with Gasteiger partial charge in [-0.2, -0.15) is 4.39 Å². The summed E-state index contributed by atoms with van der Waals surface area (Å²) in [5.74, 6) is -0.909. The third-order valence-electron chi connectivity index (χ3n) is 1.43. The fraction of sp³-hybridized carbons (Fsp3) is 0.286. The Hall–Kier alpha value is -0.620. The number of aliphatic hydroxyl groups excluding tert-OH is 1. The Bertz CT molecular complexity index is 319. The first kappa shape index (κ1) is 10.5. The topological polar surface area (TPSA) is 33.1 Å². The van der Waals surface area contributed by atoms with E-state index in [0.717, 1.165) is 6.07 Å². The molecule has 0 saturated heterocycles. The standard InChI is InChI=1S/C7H5BrF3NO/c8-4-1-3(6(9)10)5(2-13)12-7(4)11/h1,6,13H,2H2. The second-order valence-electron chi connectivity index (χ2n) is 2.26. The number of hydrogen-bond acceptors (Lipinski definition) is 2. The molecule has 0 aliphatic carbocycles. The summed E-state index contributed by atoms with van der Waals surface area (Å²) in [6.45, 7) is -0.704. The Morgan fingerprint density at radius 2 is 2.15 bits per heavy atom. The van der Waals surface area contributed by atoms with Crippen molar-refractivity contribution in [2.75, 3.05) is 0 Å². The molecule has 0 radical (unpaired) electrons. The molecule has 1 N–H and O–H groups in total. The van der Waals surface area contributed by atoms with Crippen molar-refractivity contribution in [1.29, 1.82) is 0 Å². The molecule has 0 atom stereocenters. The van der Waals surface area contributed by atoms with Gasteiger partial charge in [0.1, 0.15) is 0 Å².